The molecule has 1 aromatic heterocycles. The van der Waals surface area contributed by atoms with Crippen molar-refractivity contribution in [1.29, 1.82) is 0 Å². The van der Waals surface area contributed by atoms with Crippen molar-refractivity contribution >= 4 is 23.8 Å². The summed E-state index contributed by atoms with van der Waals surface area (Å²) in [6, 6.07) is 0.461. The molecule has 0 radical (unpaired) electrons. The summed E-state index contributed by atoms with van der Waals surface area (Å²) in [6.45, 7) is 6.85. The van der Waals surface area contributed by atoms with E-state index in [0.29, 0.717) is 30.1 Å². The molecule has 1 aliphatic rings. The largest absolute Gasteiger partial charge is 0.385 e. The van der Waals surface area contributed by atoms with E-state index in [1.165, 1.54) is 25.6 Å². The van der Waals surface area contributed by atoms with Gasteiger partial charge in [0.15, 0.2) is 5.82 Å². The molecule has 0 bridgehead atoms. The minimum atomic E-state index is -0.942. The van der Waals surface area contributed by atoms with Crippen molar-refractivity contribution in [3.63, 3.8) is 0 Å². The molecule has 0 amide bonds. The van der Waals surface area contributed by atoms with Gasteiger partial charge in [-0.1, -0.05) is 25.8 Å². The Morgan fingerprint density at radius 3 is 2.73 bits per heavy atom. The van der Waals surface area contributed by atoms with Crippen molar-refractivity contribution in [2.75, 3.05) is 29.7 Å². The number of hydrogen-bond donors (Lipinski definition) is 3. The second-order valence-corrected chi connectivity index (χ2v) is 7.45. The Balaban J connectivity index is 2.17. The highest BCUT2D eigenvalue weighted by Gasteiger charge is 2.16. The lowest BCUT2D eigenvalue weighted by molar-refractivity contribution is 0.191. The topological polar surface area (TPSA) is 83.5 Å². The predicted octanol–water partition coefficient (Wildman–Crippen LogP) is 5.18. The zero-order valence-electron chi connectivity index (χ0n) is 18.0. The van der Waals surface area contributed by atoms with Gasteiger partial charge in [0.05, 0.1) is 12.5 Å². The number of methoxy groups -OCH3 is 1. The lowest BCUT2D eigenvalue weighted by Gasteiger charge is -2.23. The summed E-state index contributed by atoms with van der Waals surface area (Å²) in [7, 11) is 1.66. The Labute approximate surface area is 177 Å². The van der Waals surface area contributed by atoms with Gasteiger partial charge in [0.2, 0.25) is 5.95 Å². The van der Waals surface area contributed by atoms with Crippen LogP contribution in [0.5, 0.6) is 0 Å². The van der Waals surface area contributed by atoms with Crippen molar-refractivity contribution in [3.05, 3.63) is 30.1 Å². The number of ether oxygens (including phenoxy) is 1. The SMILES string of the molecule is C=C(F)/C(N=CNc1cnc(NC2CCCCC2)nc1NC(C)CCOC)=C(\C)F. The lowest BCUT2D eigenvalue weighted by atomic mass is 9.96. The number of nitrogens with one attached hydrogen (secondary N) is 3. The van der Waals surface area contributed by atoms with E-state index in [9.17, 15) is 8.78 Å². The molecule has 2 rings (SSSR count). The molecule has 0 saturated heterocycles. The van der Waals surface area contributed by atoms with Crippen LogP contribution >= 0.6 is 0 Å². The number of allylic oxidation sites excluding steroid dienone is 2. The second kappa shape index (κ2) is 12.2. The van der Waals surface area contributed by atoms with Gasteiger partial charge in [0, 0.05) is 25.8 Å². The zero-order valence-corrected chi connectivity index (χ0v) is 18.0. The van der Waals surface area contributed by atoms with Gasteiger partial charge >= 0.3 is 0 Å². The Morgan fingerprint density at radius 1 is 1.37 bits per heavy atom. The highest BCUT2D eigenvalue weighted by atomic mass is 19.1. The summed E-state index contributed by atoms with van der Waals surface area (Å²) in [5.74, 6) is -0.582. The maximum absolute atomic E-state index is 13.4. The molecule has 0 aromatic carbocycles. The molecule has 7 nitrogen and oxygen atoms in total. The van der Waals surface area contributed by atoms with Crippen LogP contribution in [0.15, 0.2) is 35.1 Å². The van der Waals surface area contributed by atoms with Crippen molar-refractivity contribution in [1.82, 2.24) is 9.97 Å². The fourth-order valence-corrected chi connectivity index (χ4v) is 3.21. The van der Waals surface area contributed by atoms with Gasteiger partial charge in [-0.25, -0.2) is 18.8 Å². The third kappa shape index (κ3) is 7.70. The molecule has 1 unspecified atom stereocenters. The average molecular weight is 423 g/mol. The molecule has 1 heterocycles. The third-order valence-corrected chi connectivity index (χ3v) is 4.86. The Morgan fingerprint density at radius 2 is 2.10 bits per heavy atom. The van der Waals surface area contributed by atoms with E-state index in [-0.39, 0.29) is 6.04 Å². The summed E-state index contributed by atoms with van der Waals surface area (Å²) in [5, 5.41) is 9.64. The minimum absolute atomic E-state index is 0.0917. The first-order valence-corrected chi connectivity index (χ1v) is 10.3. The minimum Gasteiger partial charge on any atom is -0.385 e. The zero-order chi connectivity index (χ0) is 21.9. The third-order valence-electron chi connectivity index (χ3n) is 4.86. The van der Waals surface area contributed by atoms with E-state index in [1.54, 1.807) is 13.3 Å². The quantitative estimate of drug-likeness (QED) is 0.259. The van der Waals surface area contributed by atoms with Gasteiger partial charge in [-0.2, -0.15) is 4.98 Å². The van der Waals surface area contributed by atoms with Crippen LogP contribution in [0.2, 0.25) is 0 Å². The van der Waals surface area contributed by atoms with Crippen LogP contribution < -0.4 is 16.0 Å². The maximum Gasteiger partial charge on any atom is 0.224 e. The Hall–Kier alpha value is -2.55. The first kappa shape index (κ1) is 23.7. The number of nitrogens with zero attached hydrogens (tertiary/aromatic N) is 3. The number of aliphatic imine (C=N–C) groups is 1. The van der Waals surface area contributed by atoms with Crippen LogP contribution in [0, 0.1) is 0 Å². The summed E-state index contributed by atoms with van der Waals surface area (Å²) in [5.41, 5.74) is 0.0968. The van der Waals surface area contributed by atoms with E-state index >= 15 is 0 Å². The molecular formula is C21H32F2N6O. The normalized spacial score (nSPS) is 16.8. The standard InChI is InChI=1S/C21H32F2N6O/c1-14(10-11-30-4)27-20-18(25-13-26-19(15(2)22)16(3)23)12-24-21(29-20)28-17-8-6-5-7-9-17/h12-14,17H,2,5-11H2,1,3-4H3,(H,25,26)(H2,24,27,28,29)/b19-16-. The molecule has 0 aliphatic heterocycles. The second-order valence-electron chi connectivity index (χ2n) is 7.45. The van der Waals surface area contributed by atoms with E-state index in [2.05, 4.69) is 37.5 Å². The maximum atomic E-state index is 13.4. The lowest BCUT2D eigenvalue weighted by Crippen LogP contribution is -2.24. The summed E-state index contributed by atoms with van der Waals surface area (Å²) in [6.07, 6.45) is 9.49. The van der Waals surface area contributed by atoms with E-state index in [1.807, 2.05) is 6.92 Å². The van der Waals surface area contributed by atoms with E-state index in [0.717, 1.165) is 26.2 Å². The summed E-state index contributed by atoms with van der Waals surface area (Å²) >= 11 is 0. The fourth-order valence-electron chi connectivity index (χ4n) is 3.21. The smallest absolute Gasteiger partial charge is 0.224 e. The van der Waals surface area contributed by atoms with E-state index in [4.69, 9.17) is 4.74 Å². The number of aromatic nitrogens is 2. The van der Waals surface area contributed by atoms with Crippen molar-refractivity contribution in [3.8, 4) is 0 Å². The van der Waals surface area contributed by atoms with Gasteiger partial charge in [0.1, 0.15) is 23.0 Å². The average Bonchev–Trinajstić information content (AvgIpc) is 2.71. The molecule has 0 spiro atoms. The molecule has 1 aliphatic carbocycles. The molecule has 1 atom stereocenters. The highest BCUT2D eigenvalue weighted by molar-refractivity contribution is 5.82. The number of anilines is 3. The molecule has 1 saturated carbocycles. The van der Waals surface area contributed by atoms with Gasteiger partial charge in [-0.15, -0.1) is 0 Å². The molecule has 166 valence electrons. The molecule has 1 aromatic rings. The molecule has 9 heteroatoms. The predicted molar refractivity (Wildman–Crippen MR) is 118 cm³/mol. The fraction of sp³-hybridized carbons (Fsp3) is 0.571. The molecule has 3 N–H and O–H groups in total. The monoisotopic (exact) mass is 422 g/mol. The molecule has 1 fully saturated rings. The molecule has 30 heavy (non-hydrogen) atoms. The highest BCUT2D eigenvalue weighted by Crippen LogP contribution is 2.24. The molecular weight excluding hydrogens is 390 g/mol. The van der Waals surface area contributed by atoms with Crippen LogP contribution in [-0.4, -0.2) is 42.1 Å². The first-order valence-electron chi connectivity index (χ1n) is 10.3. The van der Waals surface area contributed by atoms with E-state index < -0.39 is 17.4 Å². The van der Waals surface area contributed by atoms with Gasteiger partial charge in [-0.05, 0) is 33.1 Å². The van der Waals surface area contributed by atoms with Gasteiger partial charge in [0.25, 0.3) is 0 Å². The summed E-state index contributed by atoms with van der Waals surface area (Å²) < 4.78 is 31.8. The van der Waals surface area contributed by atoms with Crippen LogP contribution in [0.3, 0.4) is 0 Å². The Kier molecular flexibility index (Phi) is 9.66. The van der Waals surface area contributed by atoms with Crippen molar-refractivity contribution in [2.24, 2.45) is 4.99 Å². The first-order chi connectivity index (χ1) is 14.4. The van der Waals surface area contributed by atoms with Gasteiger partial charge in [-0.3, -0.25) is 0 Å². The number of halogens is 2. The van der Waals surface area contributed by atoms with Crippen LogP contribution in [0.1, 0.15) is 52.4 Å². The summed E-state index contributed by atoms with van der Waals surface area (Å²) in [4.78, 5) is 12.8. The van der Waals surface area contributed by atoms with Crippen LogP contribution in [-0.2, 0) is 4.74 Å². The van der Waals surface area contributed by atoms with Gasteiger partial charge < -0.3 is 20.7 Å². The van der Waals surface area contributed by atoms with Crippen molar-refractivity contribution in [2.45, 2.75) is 64.5 Å². The number of hydrogen-bond acceptors (Lipinski definition) is 6. The van der Waals surface area contributed by atoms with Crippen LogP contribution in [0.4, 0.5) is 26.2 Å². The Bertz CT molecular complexity index is 758. The van der Waals surface area contributed by atoms with Crippen LogP contribution in [0.25, 0.3) is 0 Å². The van der Waals surface area contributed by atoms with Crippen molar-refractivity contribution < 1.29 is 13.5 Å². The number of rotatable bonds is 11.